The summed E-state index contributed by atoms with van der Waals surface area (Å²) in [5.41, 5.74) is 0.740. The number of benzene rings is 1. The molecule has 0 bridgehead atoms. The summed E-state index contributed by atoms with van der Waals surface area (Å²) < 4.78 is 1.89. The molecular weight excluding hydrogens is 367 g/mol. The number of hydrogen-bond donors (Lipinski definition) is 1. The summed E-state index contributed by atoms with van der Waals surface area (Å²) in [6, 6.07) is 5.59. The molecule has 1 aliphatic rings. The molecule has 1 fully saturated rings. The second kappa shape index (κ2) is 7.59. The number of carbonyl (C=O) groups excluding carboxylic acids is 1. The number of rotatable bonds is 7. The summed E-state index contributed by atoms with van der Waals surface area (Å²) in [5.74, 6) is 0.948. The molecule has 1 amide bonds. The van der Waals surface area contributed by atoms with Crippen molar-refractivity contribution >= 4 is 40.9 Å². The SMILES string of the molecule is C=CCn1c(SCC(=O)NC2CC2)nnc1-c1ccc(Cl)cc1Cl. The third-order valence-corrected chi connectivity index (χ3v) is 4.99. The third kappa shape index (κ3) is 4.12. The highest BCUT2D eigenvalue weighted by Gasteiger charge is 2.23. The molecule has 1 saturated carbocycles. The van der Waals surface area contributed by atoms with Gasteiger partial charge in [-0.2, -0.15) is 0 Å². The Labute approximate surface area is 154 Å². The van der Waals surface area contributed by atoms with Gasteiger partial charge in [0.25, 0.3) is 0 Å². The second-order valence-electron chi connectivity index (χ2n) is 5.46. The predicted octanol–water partition coefficient (Wildman–Crippen LogP) is 3.81. The molecule has 0 atom stereocenters. The lowest BCUT2D eigenvalue weighted by Crippen LogP contribution is -2.27. The van der Waals surface area contributed by atoms with Crippen LogP contribution in [0.2, 0.25) is 10.0 Å². The molecule has 0 spiro atoms. The van der Waals surface area contributed by atoms with Crippen LogP contribution in [0.4, 0.5) is 0 Å². The van der Waals surface area contributed by atoms with E-state index < -0.39 is 0 Å². The number of nitrogens with zero attached hydrogens (tertiary/aromatic N) is 3. The molecule has 0 aliphatic heterocycles. The minimum atomic E-state index is 0.0155. The lowest BCUT2D eigenvalue weighted by atomic mass is 10.2. The maximum absolute atomic E-state index is 11.9. The molecule has 5 nitrogen and oxygen atoms in total. The Kier molecular flexibility index (Phi) is 5.48. The van der Waals surface area contributed by atoms with Crippen LogP contribution in [0.15, 0.2) is 36.0 Å². The number of hydrogen-bond acceptors (Lipinski definition) is 4. The fourth-order valence-corrected chi connectivity index (χ4v) is 3.44. The van der Waals surface area contributed by atoms with Crippen LogP contribution < -0.4 is 5.32 Å². The first-order chi connectivity index (χ1) is 11.6. The van der Waals surface area contributed by atoms with Gasteiger partial charge in [-0.05, 0) is 31.0 Å². The van der Waals surface area contributed by atoms with E-state index in [4.69, 9.17) is 23.2 Å². The van der Waals surface area contributed by atoms with E-state index in [2.05, 4.69) is 22.1 Å². The van der Waals surface area contributed by atoms with Crippen molar-refractivity contribution < 1.29 is 4.79 Å². The van der Waals surface area contributed by atoms with Crippen LogP contribution in [0.3, 0.4) is 0 Å². The molecule has 0 unspecified atom stereocenters. The molecule has 0 saturated heterocycles. The maximum Gasteiger partial charge on any atom is 0.230 e. The standard InChI is InChI=1S/C16H16Cl2N4OS/c1-2-7-22-15(12-6-3-10(17)8-13(12)18)20-21-16(22)24-9-14(23)19-11-4-5-11/h2-3,6,8,11H,1,4-5,7,9H2,(H,19,23). The van der Waals surface area contributed by atoms with E-state index >= 15 is 0 Å². The maximum atomic E-state index is 11.9. The summed E-state index contributed by atoms with van der Waals surface area (Å²) >= 11 is 13.6. The Balaban J connectivity index is 1.81. The lowest BCUT2D eigenvalue weighted by Gasteiger charge is -2.09. The van der Waals surface area contributed by atoms with Crippen molar-refractivity contribution in [1.29, 1.82) is 0 Å². The van der Waals surface area contributed by atoms with Gasteiger partial charge in [0.1, 0.15) is 0 Å². The highest BCUT2D eigenvalue weighted by atomic mass is 35.5. The van der Waals surface area contributed by atoms with E-state index in [1.807, 2.05) is 10.6 Å². The molecule has 0 radical (unpaired) electrons. The predicted molar refractivity (Wildman–Crippen MR) is 97.6 cm³/mol. The number of allylic oxidation sites excluding steroid dienone is 1. The van der Waals surface area contributed by atoms with Crippen molar-refractivity contribution in [3.05, 3.63) is 40.9 Å². The van der Waals surface area contributed by atoms with Crippen LogP contribution in [-0.4, -0.2) is 32.5 Å². The van der Waals surface area contributed by atoms with Crippen LogP contribution in [0, 0.1) is 0 Å². The van der Waals surface area contributed by atoms with Crippen molar-refractivity contribution in [1.82, 2.24) is 20.1 Å². The Hall–Kier alpha value is -1.50. The highest BCUT2D eigenvalue weighted by molar-refractivity contribution is 7.99. The Morgan fingerprint density at radius 1 is 1.42 bits per heavy atom. The molecule has 24 heavy (non-hydrogen) atoms. The number of aromatic nitrogens is 3. The molecular formula is C16H16Cl2N4OS. The van der Waals surface area contributed by atoms with E-state index in [0.717, 1.165) is 18.4 Å². The largest absolute Gasteiger partial charge is 0.353 e. The molecule has 126 valence electrons. The normalized spacial score (nSPS) is 13.8. The van der Waals surface area contributed by atoms with Crippen LogP contribution in [0.1, 0.15) is 12.8 Å². The summed E-state index contributed by atoms with van der Waals surface area (Å²) in [4.78, 5) is 11.9. The van der Waals surface area contributed by atoms with Crippen molar-refractivity contribution in [2.45, 2.75) is 30.6 Å². The van der Waals surface area contributed by atoms with Crippen molar-refractivity contribution in [2.24, 2.45) is 0 Å². The van der Waals surface area contributed by atoms with Gasteiger partial charge in [-0.3, -0.25) is 9.36 Å². The van der Waals surface area contributed by atoms with E-state index in [1.54, 1.807) is 18.2 Å². The average Bonchev–Trinajstić information content (AvgIpc) is 3.26. The van der Waals surface area contributed by atoms with Gasteiger partial charge in [-0.25, -0.2) is 0 Å². The first-order valence-electron chi connectivity index (χ1n) is 7.50. The fraction of sp³-hybridized carbons (Fsp3) is 0.312. The van der Waals surface area contributed by atoms with Crippen molar-refractivity contribution in [3.8, 4) is 11.4 Å². The Morgan fingerprint density at radius 3 is 2.88 bits per heavy atom. The number of carbonyl (C=O) groups is 1. The molecule has 1 aromatic carbocycles. The number of amides is 1. The van der Waals surface area contributed by atoms with E-state index in [-0.39, 0.29) is 5.91 Å². The number of nitrogens with one attached hydrogen (secondary N) is 1. The van der Waals surface area contributed by atoms with Crippen molar-refractivity contribution in [2.75, 3.05) is 5.75 Å². The first kappa shape index (κ1) is 17.3. The second-order valence-corrected chi connectivity index (χ2v) is 7.25. The highest BCUT2D eigenvalue weighted by Crippen LogP contribution is 2.31. The smallest absolute Gasteiger partial charge is 0.230 e. The lowest BCUT2D eigenvalue weighted by molar-refractivity contribution is -0.118. The molecule has 1 heterocycles. The molecule has 1 N–H and O–H groups in total. The van der Waals surface area contributed by atoms with E-state index in [9.17, 15) is 4.79 Å². The van der Waals surface area contributed by atoms with Crippen LogP contribution >= 0.6 is 35.0 Å². The molecule has 3 rings (SSSR count). The molecule has 8 heteroatoms. The molecule has 1 aliphatic carbocycles. The quantitative estimate of drug-likeness (QED) is 0.584. The minimum Gasteiger partial charge on any atom is -0.353 e. The van der Waals surface area contributed by atoms with Gasteiger partial charge < -0.3 is 5.32 Å². The fourth-order valence-electron chi connectivity index (χ4n) is 2.19. The monoisotopic (exact) mass is 382 g/mol. The van der Waals surface area contributed by atoms with Gasteiger partial charge in [-0.15, -0.1) is 16.8 Å². The summed E-state index contributed by atoms with van der Waals surface area (Å²) in [5, 5.41) is 13.1. The van der Waals surface area contributed by atoms with E-state index in [0.29, 0.717) is 39.4 Å². The molecule has 1 aromatic heterocycles. The van der Waals surface area contributed by atoms with Gasteiger partial charge in [-0.1, -0.05) is 41.0 Å². The minimum absolute atomic E-state index is 0.0155. The average molecular weight is 383 g/mol. The van der Waals surface area contributed by atoms with Gasteiger partial charge in [0.15, 0.2) is 11.0 Å². The first-order valence-corrected chi connectivity index (χ1v) is 9.24. The van der Waals surface area contributed by atoms with Crippen LogP contribution in [-0.2, 0) is 11.3 Å². The third-order valence-electron chi connectivity index (χ3n) is 3.48. The van der Waals surface area contributed by atoms with Crippen LogP contribution in [0.5, 0.6) is 0 Å². The van der Waals surface area contributed by atoms with Crippen molar-refractivity contribution in [3.63, 3.8) is 0 Å². The Morgan fingerprint density at radius 2 is 2.21 bits per heavy atom. The Bertz CT molecular complexity index is 773. The summed E-state index contributed by atoms with van der Waals surface area (Å²) in [6.07, 6.45) is 3.90. The summed E-state index contributed by atoms with van der Waals surface area (Å²) in [6.45, 7) is 4.29. The zero-order chi connectivity index (χ0) is 17.1. The van der Waals surface area contributed by atoms with Gasteiger partial charge in [0.2, 0.25) is 5.91 Å². The van der Waals surface area contributed by atoms with E-state index in [1.165, 1.54) is 11.8 Å². The number of halogens is 2. The van der Waals surface area contributed by atoms with Gasteiger partial charge in [0.05, 0.1) is 10.8 Å². The summed E-state index contributed by atoms with van der Waals surface area (Å²) in [7, 11) is 0. The van der Waals surface area contributed by atoms with Gasteiger partial charge >= 0.3 is 0 Å². The molecule has 2 aromatic rings. The van der Waals surface area contributed by atoms with Gasteiger partial charge in [0, 0.05) is 23.2 Å². The number of thioether (sulfide) groups is 1. The zero-order valence-electron chi connectivity index (χ0n) is 12.8. The topological polar surface area (TPSA) is 59.8 Å². The van der Waals surface area contributed by atoms with Crippen LogP contribution in [0.25, 0.3) is 11.4 Å². The zero-order valence-corrected chi connectivity index (χ0v) is 15.2.